The number of hydrazine groups is 1. The minimum Gasteiger partial charge on any atom is -0.363 e. The Bertz CT molecular complexity index is 451. The molecule has 3 N–H and O–H groups in total. The second kappa shape index (κ2) is 5.63. The molecule has 1 aromatic heterocycles. The zero-order valence-corrected chi connectivity index (χ0v) is 11.4. The number of hydrogen-bond acceptors (Lipinski definition) is 4. The maximum Gasteiger partial charge on any atom is 0.254 e. The fourth-order valence-electron chi connectivity index (χ4n) is 1.28. The number of sulfonamides is 1. The Balaban J connectivity index is 2.74. The van der Waals surface area contributed by atoms with E-state index in [4.69, 9.17) is 0 Å². The summed E-state index contributed by atoms with van der Waals surface area (Å²) in [6, 6.07) is 1.99. The number of aromatic nitrogens is 1. The Morgan fingerprint density at radius 3 is 2.59 bits per heavy atom. The van der Waals surface area contributed by atoms with Crippen LogP contribution in [0.5, 0.6) is 0 Å². The molecule has 98 valence electrons. The summed E-state index contributed by atoms with van der Waals surface area (Å²) >= 11 is 0. The van der Waals surface area contributed by atoms with Crippen LogP contribution in [0.1, 0.15) is 19.5 Å². The number of hydrogen-bond donors (Lipinski definition) is 3. The molecule has 6 nitrogen and oxygen atoms in total. The lowest BCUT2D eigenvalue weighted by Gasteiger charge is -2.10. The van der Waals surface area contributed by atoms with Crippen molar-refractivity contribution in [1.29, 1.82) is 0 Å². The summed E-state index contributed by atoms with van der Waals surface area (Å²) < 4.78 is 23.6. The molecule has 0 aliphatic carbocycles. The molecule has 0 bridgehead atoms. The van der Waals surface area contributed by atoms with Crippen LogP contribution in [-0.4, -0.2) is 38.5 Å². The fraction of sp³-hybridized carbons (Fsp3) is 0.600. The molecule has 0 aliphatic heterocycles. The average molecular weight is 260 g/mol. The monoisotopic (exact) mass is 260 g/mol. The lowest BCUT2D eigenvalue weighted by molar-refractivity contribution is 0.364. The van der Waals surface area contributed by atoms with Crippen LogP contribution < -0.4 is 10.1 Å². The van der Waals surface area contributed by atoms with E-state index in [0.717, 1.165) is 5.69 Å². The number of nitrogens with one attached hydrogen (secondary N) is 3. The van der Waals surface area contributed by atoms with Gasteiger partial charge in [0.1, 0.15) is 4.90 Å². The van der Waals surface area contributed by atoms with Gasteiger partial charge in [-0.2, -0.15) is 0 Å². The van der Waals surface area contributed by atoms with E-state index in [9.17, 15) is 8.42 Å². The molecule has 1 heterocycles. The quantitative estimate of drug-likeness (QED) is 0.642. The van der Waals surface area contributed by atoms with E-state index in [0.29, 0.717) is 12.6 Å². The van der Waals surface area contributed by atoms with E-state index >= 15 is 0 Å². The van der Waals surface area contributed by atoms with Gasteiger partial charge in [-0.15, -0.1) is 4.83 Å². The summed E-state index contributed by atoms with van der Waals surface area (Å²) in [4.78, 5) is 5.56. The zero-order valence-electron chi connectivity index (χ0n) is 10.6. The molecule has 0 spiro atoms. The van der Waals surface area contributed by atoms with Crippen LogP contribution in [0.15, 0.2) is 17.2 Å². The van der Waals surface area contributed by atoms with Crippen LogP contribution in [0.25, 0.3) is 0 Å². The molecular formula is C10H20N4O2S. The van der Waals surface area contributed by atoms with Gasteiger partial charge < -0.3 is 10.3 Å². The van der Waals surface area contributed by atoms with Gasteiger partial charge in [0.25, 0.3) is 10.0 Å². The molecule has 0 radical (unpaired) electrons. The molecule has 0 unspecified atom stereocenters. The Labute approximate surface area is 102 Å². The predicted octanol–water partition coefficient (Wildman–Crippen LogP) is 0.268. The summed E-state index contributed by atoms with van der Waals surface area (Å²) in [5.74, 6) is 0. The maximum absolute atomic E-state index is 11.8. The van der Waals surface area contributed by atoms with Crippen LogP contribution >= 0.6 is 0 Å². The van der Waals surface area contributed by atoms with Crippen molar-refractivity contribution in [2.24, 2.45) is 0 Å². The Kier molecular flexibility index (Phi) is 4.70. The van der Waals surface area contributed by atoms with Crippen LogP contribution in [0.3, 0.4) is 0 Å². The summed E-state index contributed by atoms with van der Waals surface area (Å²) in [6.45, 7) is 4.69. The van der Waals surface area contributed by atoms with Gasteiger partial charge >= 0.3 is 0 Å². The van der Waals surface area contributed by atoms with Crippen LogP contribution in [0.4, 0.5) is 0 Å². The molecule has 0 aromatic carbocycles. The van der Waals surface area contributed by atoms with Gasteiger partial charge in [0, 0.05) is 38.6 Å². The van der Waals surface area contributed by atoms with Crippen molar-refractivity contribution in [3.8, 4) is 0 Å². The second-order valence-electron chi connectivity index (χ2n) is 4.39. The zero-order chi connectivity index (χ0) is 13.1. The highest BCUT2D eigenvalue weighted by molar-refractivity contribution is 7.89. The number of aromatic amines is 1. The first-order valence-electron chi connectivity index (χ1n) is 5.41. The SMILES string of the molecule is CC(C)NCc1cc(S(=O)(=O)NN(C)C)c[nH]1. The Morgan fingerprint density at radius 1 is 1.41 bits per heavy atom. The minimum atomic E-state index is -3.46. The molecule has 0 fully saturated rings. The first kappa shape index (κ1) is 14.2. The lowest BCUT2D eigenvalue weighted by Crippen LogP contribution is -2.35. The first-order valence-corrected chi connectivity index (χ1v) is 6.90. The van der Waals surface area contributed by atoms with E-state index in [1.54, 1.807) is 20.2 Å². The normalized spacial score (nSPS) is 12.6. The predicted molar refractivity (Wildman–Crippen MR) is 66.8 cm³/mol. The third kappa shape index (κ3) is 4.47. The standard InChI is InChI=1S/C10H20N4O2S/c1-8(2)11-6-9-5-10(7-12-9)17(15,16)13-14(3)4/h5,7-8,11-13H,6H2,1-4H3. The van der Waals surface area contributed by atoms with Crippen LogP contribution in [0.2, 0.25) is 0 Å². The van der Waals surface area contributed by atoms with E-state index in [2.05, 4.69) is 15.1 Å². The molecule has 0 aliphatic rings. The molecular weight excluding hydrogens is 240 g/mol. The summed E-state index contributed by atoms with van der Waals surface area (Å²) in [5.41, 5.74) is 0.845. The molecule has 1 aromatic rings. The number of nitrogens with zero attached hydrogens (tertiary/aromatic N) is 1. The third-order valence-electron chi connectivity index (χ3n) is 2.03. The van der Waals surface area contributed by atoms with E-state index in [-0.39, 0.29) is 4.90 Å². The fourth-order valence-corrected chi connectivity index (χ4v) is 2.38. The van der Waals surface area contributed by atoms with Gasteiger partial charge in [0.05, 0.1) is 0 Å². The molecule has 0 saturated heterocycles. The highest BCUT2D eigenvalue weighted by Gasteiger charge is 2.16. The summed E-state index contributed by atoms with van der Waals surface area (Å²) in [7, 11) is -0.200. The van der Waals surface area contributed by atoms with Crippen molar-refractivity contribution in [3.05, 3.63) is 18.0 Å². The highest BCUT2D eigenvalue weighted by Crippen LogP contribution is 2.10. The Hall–Kier alpha value is -0.890. The minimum absolute atomic E-state index is 0.242. The molecule has 17 heavy (non-hydrogen) atoms. The van der Waals surface area contributed by atoms with E-state index in [1.807, 2.05) is 13.8 Å². The smallest absolute Gasteiger partial charge is 0.254 e. The topological polar surface area (TPSA) is 77.2 Å². The van der Waals surface area contributed by atoms with Crippen molar-refractivity contribution < 1.29 is 8.42 Å². The number of rotatable bonds is 6. The molecule has 0 amide bonds. The van der Waals surface area contributed by atoms with Gasteiger partial charge in [0.2, 0.25) is 0 Å². The van der Waals surface area contributed by atoms with Crippen LogP contribution in [-0.2, 0) is 16.6 Å². The van der Waals surface area contributed by atoms with Gasteiger partial charge in [-0.05, 0) is 6.07 Å². The lowest BCUT2D eigenvalue weighted by atomic mass is 10.3. The van der Waals surface area contributed by atoms with E-state index < -0.39 is 10.0 Å². The van der Waals surface area contributed by atoms with Gasteiger partial charge in [-0.1, -0.05) is 13.8 Å². The first-order chi connectivity index (χ1) is 7.81. The average Bonchev–Trinajstić information content (AvgIpc) is 2.61. The van der Waals surface area contributed by atoms with Gasteiger partial charge in [-0.25, -0.2) is 13.4 Å². The van der Waals surface area contributed by atoms with Gasteiger partial charge in [0.15, 0.2) is 0 Å². The molecule has 1 rings (SSSR count). The molecule has 7 heteroatoms. The third-order valence-corrected chi connectivity index (χ3v) is 3.49. The Morgan fingerprint density at radius 2 is 2.06 bits per heavy atom. The second-order valence-corrected chi connectivity index (χ2v) is 6.05. The van der Waals surface area contributed by atoms with Crippen molar-refractivity contribution >= 4 is 10.0 Å². The van der Waals surface area contributed by atoms with Crippen molar-refractivity contribution in [3.63, 3.8) is 0 Å². The molecule has 0 atom stereocenters. The highest BCUT2D eigenvalue weighted by atomic mass is 32.2. The van der Waals surface area contributed by atoms with Crippen molar-refractivity contribution in [2.75, 3.05) is 14.1 Å². The number of H-pyrrole nitrogens is 1. The maximum atomic E-state index is 11.8. The van der Waals surface area contributed by atoms with Crippen LogP contribution in [0, 0.1) is 0 Å². The largest absolute Gasteiger partial charge is 0.363 e. The molecule has 0 saturated carbocycles. The van der Waals surface area contributed by atoms with E-state index in [1.165, 1.54) is 11.2 Å². The van der Waals surface area contributed by atoms with Crippen molar-refractivity contribution in [2.45, 2.75) is 31.3 Å². The summed E-state index contributed by atoms with van der Waals surface area (Å²) in [6.07, 6.45) is 1.49. The van der Waals surface area contributed by atoms with Gasteiger partial charge in [-0.3, -0.25) is 0 Å². The summed E-state index contributed by atoms with van der Waals surface area (Å²) in [5, 5.41) is 4.61. The van der Waals surface area contributed by atoms with Crippen molar-refractivity contribution in [1.82, 2.24) is 20.1 Å².